The second kappa shape index (κ2) is 8.37. The predicted molar refractivity (Wildman–Crippen MR) is 73.3 cm³/mol. The summed E-state index contributed by atoms with van der Waals surface area (Å²) >= 11 is 0. The molecule has 2 aromatic rings. The summed E-state index contributed by atoms with van der Waals surface area (Å²) in [7, 11) is 0. The molecule has 2 rings (SSSR count). The van der Waals surface area contributed by atoms with Crippen LogP contribution in [0.15, 0.2) is 24.3 Å². The zero-order chi connectivity index (χ0) is 18.4. The third kappa shape index (κ3) is 5.29. The van der Waals surface area contributed by atoms with Gasteiger partial charge in [0, 0.05) is 17.7 Å². The summed E-state index contributed by atoms with van der Waals surface area (Å²) < 4.78 is 74.8. The van der Waals surface area contributed by atoms with E-state index in [4.69, 9.17) is 5.11 Å². The van der Waals surface area contributed by atoms with E-state index < -0.39 is 47.3 Å². The molecule has 2 aromatic carbocycles. The molecular formula is C16H12F6O2. The maximum Gasteiger partial charge on any atom is 0.307 e. The van der Waals surface area contributed by atoms with Gasteiger partial charge >= 0.3 is 5.97 Å². The predicted octanol–water partition coefficient (Wildman–Crippen LogP) is 4.40. The van der Waals surface area contributed by atoms with Gasteiger partial charge in [-0.1, -0.05) is 6.92 Å². The molecule has 0 heterocycles. The number of halogens is 6. The summed E-state index contributed by atoms with van der Waals surface area (Å²) in [4.78, 5) is 10.1. The molecule has 0 spiro atoms. The minimum Gasteiger partial charge on any atom is -0.481 e. The van der Waals surface area contributed by atoms with E-state index in [9.17, 15) is 31.1 Å². The van der Waals surface area contributed by atoms with Gasteiger partial charge in [0.05, 0.1) is 6.42 Å². The van der Waals surface area contributed by atoms with Gasteiger partial charge < -0.3 is 5.11 Å². The van der Waals surface area contributed by atoms with Crippen LogP contribution in [0.5, 0.6) is 0 Å². The Hall–Kier alpha value is -2.51. The molecule has 0 fully saturated rings. The highest BCUT2D eigenvalue weighted by atomic mass is 19.2. The van der Waals surface area contributed by atoms with Gasteiger partial charge in [-0.3, -0.25) is 4.79 Å². The van der Waals surface area contributed by atoms with E-state index in [1.54, 1.807) is 6.92 Å². The van der Waals surface area contributed by atoms with Gasteiger partial charge in [-0.05, 0) is 24.1 Å². The molecule has 0 aliphatic rings. The van der Waals surface area contributed by atoms with Gasteiger partial charge in [-0.2, -0.15) is 0 Å². The van der Waals surface area contributed by atoms with Crippen molar-refractivity contribution in [2.24, 2.45) is 0 Å². The van der Waals surface area contributed by atoms with Crippen molar-refractivity contribution in [3.8, 4) is 0 Å². The van der Waals surface area contributed by atoms with Crippen LogP contribution in [0.25, 0.3) is 0 Å². The van der Waals surface area contributed by atoms with E-state index in [0.717, 1.165) is 6.07 Å². The molecule has 0 amide bonds. The Morgan fingerprint density at radius 1 is 0.750 bits per heavy atom. The van der Waals surface area contributed by atoms with Gasteiger partial charge in [0.25, 0.3) is 0 Å². The summed E-state index contributed by atoms with van der Waals surface area (Å²) in [6.45, 7) is 1.68. The van der Waals surface area contributed by atoms with Gasteiger partial charge in [-0.15, -0.1) is 0 Å². The van der Waals surface area contributed by atoms with Crippen LogP contribution in [-0.4, -0.2) is 11.1 Å². The molecule has 0 aromatic heterocycles. The van der Waals surface area contributed by atoms with E-state index in [1.807, 2.05) is 0 Å². The molecule has 0 bridgehead atoms. The molecular weight excluding hydrogens is 338 g/mol. The zero-order valence-corrected chi connectivity index (χ0v) is 12.3. The molecule has 0 saturated carbocycles. The molecule has 8 heteroatoms. The van der Waals surface area contributed by atoms with Crippen molar-refractivity contribution in [1.82, 2.24) is 0 Å². The van der Waals surface area contributed by atoms with Gasteiger partial charge in [-0.25, -0.2) is 26.3 Å². The molecule has 0 aliphatic heterocycles. The summed E-state index contributed by atoms with van der Waals surface area (Å²) in [5.74, 6) is -7.76. The van der Waals surface area contributed by atoms with Crippen LogP contribution in [0.1, 0.15) is 18.1 Å². The van der Waals surface area contributed by atoms with Crippen LogP contribution >= 0.6 is 0 Å². The fraction of sp³-hybridized carbons (Fsp3) is 0.188. The maximum absolute atomic E-state index is 12.7. The number of carboxylic acids is 1. The second-order valence-corrected chi connectivity index (χ2v) is 4.64. The molecule has 0 unspecified atom stereocenters. The number of rotatable bonds is 3. The van der Waals surface area contributed by atoms with Crippen LogP contribution < -0.4 is 0 Å². The Bertz CT molecular complexity index is 746. The minimum atomic E-state index is -1.33. The SMILES string of the molecule is CCc1cc(F)c(F)cc1F.O=C(O)Cc1cc(F)c(F)cc1F. The van der Waals surface area contributed by atoms with Crippen LogP contribution in [0, 0.1) is 34.9 Å². The summed E-state index contributed by atoms with van der Waals surface area (Å²) in [5.41, 5.74) is -0.171. The molecule has 0 aliphatic carbocycles. The van der Waals surface area contributed by atoms with Crippen molar-refractivity contribution in [3.63, 3.8) is 0 Å². The van der Waals surface area contributed by atoms with Gasteiger partial charge in [0.2, 0.25) is 0 Å². The highest BCUT2D eigenvalue weighted by molar-refractivity contribution is 5.70. The zero-order valence-electron chi connectivity index (χ0n) is 12.3. The lowest BCUT2D eigenvalue weighted by molar-refractivity contribution is -0.136. The average molecular weight is 350 g/mol. The number of hydrogen-bond acceptors (Lipinski definition) is 1. The van der Waals surface area contributed by atoms with E-state index in [0.29, 0.717) is 24.6 Å². The normalized spacial score (nSPS) is 10.1. The standard InChI is InChI=1S/C8H5F3O2.C8H7F3/c9-5-3-7(11)6(10)1-4(5)2-8(12)13;1-2-5-3-7(10)8(11)4-6(5)9/h1,3H,2H2,(H,12,13);3-4H,2H2,1H3. The lowest BCUT2D eigenvalue weighted by Crippen LogP contribution is -2.04. The summed E-state index contributed by atoms with van der Waals surface area (Å²) in [6.07, 6.45) is -0.300. The van der Waals surface area contributed by atoms with Crippen molar-refractivity contribution < 1.29 is 36.2 Å². The Morgan fingerprint density at radius 3 is 1.54 bits per heavy atom. The highest BCUT2D eigenvalue weighted by Crippen LogP contribution is 2.14. The smallest absolute Gasteiger partial charge is 0.307 e. The number of carboxylic acid groups (broad SMARTS) is 1. The third-order valence-corrected chi connectivity index (χ3v) is 2.90. The molecule has 1 N–H and O–H groups in total. The van der Waals surface area contributed by atoms with Gasteiger partial charge in [0.1, 0.15) is 11.6 Å². The molecule has 2 nitrogen and oxygen atoms in total. The highest BCUT2D eigenvalue weighted by Gasteiger charge is 2.12. The van der Waals surface area contributed by atoms with E-state index in [-0.39, 0.29) is 11.1 Å². The van der Waals surface area contributed by atoms with Crippen molar-refractivity contribution in [2.75, 3.05) is 0 Å². The van der Waals surface area contributed by atoms with Crippen LogP contribution in [0.2, 0.25) is 0 Å². The Balaban J connectivity index is 0.000000243. The van der Waals surface area contributed by atoms with E-state index >= 15 is 0 Å². The van der Waals surface area contributed by atoms with E-state index in [2.05, 4.69) is 0 Å². The number of carbonyl (C=O) groups is 1. The first-order valence-corrected chi connectivity index (χ1v) is 6.64. The van der Waals surface area contributed by atoms with Crippen molar-refractivity contribution in [1.29, 1.82) is 0 Å². The van der Waals surface area contributed by atoms with Crippen molar-refractivity contribution in [3.05, 3.63) is 70.3 Å². The Morgan fingerprint density at radius 2 is 1.12 bits per heavy atom. The molecule has 0 radical (unpaired) electrons. The first kappa shape index (κ1) is 19.5. The van der Waals surface area contributed by atoms with Crippen molar-refractivity contribution in [2.45, 2.75) is 19.8 Å². The molecule has 24 heavy (non-hydrogen) atoms. The molecule has 0 atom stereocenters. The number of benzene rings is 2. The summed E-state index contributed by atoms with van der Waals surface area (Å²) in [6, 6.07) is 2.31. The fourth-order valence-corrected chi connectivity index (χ4v) is 1.70. The van der Waals surface area contributed by atoms with Crippen LogP contribution in [-0.2, 0) is 17.6 Å². The monoisotopic (exact) mass is 350 g/mol. The lowest BCUT2D eigenvalue weighted by Gasteiger charge is -2.00. The first-order valence-electron chi connectivity index (χ1n) is 6.64. The number of aliphatic carboxylic acids is 1. The third-order valence-electron chi connectivity index (χ3n) is 2.90. The summed E-state index contributed by atoms with van der Waals surface area (Å²) in [5, 5.41) is 8.27. The average Bonchev–Trinajstić information content (AvgIpc) is 2.49. The molecule has 130 valence electrons. The number of aryl methyl sites for hydroxylation is 1. The van der Waals surface area contributed by atoms with Gasteiger partial charge in [0.15, 0.2) is 23.3 Å². The topological polar surface area (TPSA) is 37.3 Å². The van der Waals surface area contributed by atoms with Crippen LogP contribution in [0.4, 0.5) is 26.3 Å². The van der Waals surface area contributed by atoms with Crippen molar-refractivity contribution >= 4 is 5.97 Å². The Labute approximate surface area is 133 Å². The first-order chi connectivity index (χ1) is 11.1. The fourth-order valence-electron chi connectivity index (χ4n) is 1.70. The quantitative estimate of drug-likeness (QED) is 0.658. The number of hydrogen-bond donors (Lipinski definition) is 1. The Kier molecular flexibility index (Phi) is 6.82. The minimum absolute atomic E-state index is 0.198. The maximum atomic E-state index is 12.7. The molecule has 0 saturated heterocycles. The van der Waals surface area contributed by atoms with Crippen LogP contribution in [0.3, 0.4) is 0 Å². The largest absolute Gasteiger partial charge is 0.481 e. The second-order valence-electron chi connectivity index (χ2n) is 4.64. The van der Waals surface area contributed by atoms with E-state index in [1.165, 1.54) is 0 Å². The lowest BCUT2D eigenvalue weighted by atomic mass is 10.1.